The number of pyridine rings is 1. The van der Waals surface area contributed by atoms with E-state index in [-0.39, 0.29) is 5.91 Å². The Morgan fingerprint density at radius 1 is 1.21 bits per heavy atom. The van der Waals surface area contributed by atoms with Gasteiger partial charge < -0.3 is 10.2 Å². The van der Waals surface area contributed by atoms with Crippen molar-refractivity contribution in [2.24, 2.45) is 0 Å². The number of nitrogens with zero attached hydrogens (tertiary/aromatic N) is 2. The molecule has 0 aliphatic carbocycles. The number of rotatable bonds is 8. The number of aromatic nitrogens is 1. The molecule has 0 aliphatic heterocycles. The van der Waals surface area contributed by atoms with Gasteiger partial charge in [-0.3, -0.25) is 9.78 Å². The zero-order valence-corrected chi connectivity index (χ0v) is 14.8. The predicted octanol–water partition coefficient (Wildman–Crippen LogP) is 4.03. The molecule has 0 fully saturated rings. The lowest BCUT2D eigenvalue weighted by molar-refractivity contribution is 0.0948. The Labute approximate surface area is 144 Å². The fourth-order valence-electron chi connectivity index (χ4n) is 2.54. The molecule has 128 valence electrons. The molecule has 1 amide bonds. The van der Waals surface area contributed by atoms with E-state index in [0.717, 1.165) is 25.1 Å². The van der Waals surface area contributed by atoms with E-state index in [4.69, 9.17) is 0 Å². The summed E-state index contributed by atoms with van der Waals surface area (Å²) in [6, 6.07) is 14.5. The Balaban J connectivity index is 2.15. The molecule has 0 bridgehead atoms. The van der Waals surface area contributed by atoms with Crippen molar-refractivity contribution in [3.63, 3.8) is 0 Å². The van der Waals surface area contributed by atoms with Crippen molar-refractivity contribution >= 4 is 11.6 Å². The summed E-state index contributed by atoms with van der Waals surface area (Å²) in [6.07, 6.45) is 3.76. The van der Waals surface area contributed by atoms with E-state index in [0.29, 0.717) is 18.3 Å². The highest BCUT2D eigenvalue weighted by molar-refractivity contribution is 5.93. The number of anilines is 1. The smallest absolute Gasteiger partial charge is 0.269 e. The van der Waals surface area contributed by atoms with E-state index in [9.17, 15) is 4.79 Å². The Hall–Kier alpha value is -2.36. The van der Waals surface area contributed by atoms with E-state index >= 15 is 0 Å². The van der Waals surface area contributed by atoms with Gasteiger partial charge in [-0.25, -0.2) is 0 Å². The van der Waals surface area contributed by atoms with Crippen molar-refractivity contribution in [1.82, 2.24) is 10.3 Å². The fraction of sp³-hybridized carbons (Fsp3) is 0.400. The number of carbonyl (C=O) groups is 1. The summed E-state index contributed by atoms with van der Waals surface area (Å²) in [5.74, 6) is -0.103. The minimum absolute atomic E-state index is 0.103. The van der Waals surface area contributed by atoms with Crippen molar-refractivity contribution in [3.05, 3.63) is 59.9 Å². The Kier molecular flexibility index (Phi) is 6.79. The average Bonchev–Trinajstić information content (AvgIpc) is 2.60. The fourth-order valence-corrected chi connectivity index (χ4v) is 2.54. The minimum Gasteiger partial charge on any atom is -0.365 e. The monoisotopic (exact) mass is 325 g/mol. The molecular formula is C20H27N3O. The third-order valence-electron chi connectivity index (χ3n) is 3.94. The van der Waals surface area contributed by atoms with Crippen LogP contribution in [-0.2, 0) is 6.54 Å². The second-order valence-electron chi connectivity index (χ2n) is 6.22. The molecule has 2 rings (SSSR count). The third kappa shape index (κ3) is 5.08. The molecule has 0 spiro atoms. The van der Waals surface area contributed by atoms with Gasteiger partial charge in [-0.1, -0.05) is 43.7 Å². The van der Waals surface area contributed by atoms with Crippen LogP contribution in [0, 0.1) is 0 Å². The largest absolute Gasteiger partial charge is 0.365 e. The Morgan fingerprint density at radius 3 is 2.62 bits per heavy atom. The standard InChI is InChI=1S/C20H27N3O/c1-4-5-12-22-20(24)19-14-18(11-13-21-19)23(16(2)3)15-17-9-7-6-8-10-17/h6-11,13-14,16H,4-5,12,15H2,1-3H3,(H,22,24). The molecule has 24 heavy (non-hydrogen) atoms. The lowest BCUT2D eigenvalue weighted by Gasteiger charge is -2.29. The predicted molar refractivity (Wildman–Crippen MR) is 99.2 cm³/mol. The van der Waals surface area contributed by atoms with E-state index in [1.54, 1.807) is 6.20 Å². The molecule has 1 aromatic carbocycles. The average molecular weight is 325 g/mol. The first-order valence-electron chi connectivity index (χ1n) is 8.66. The maximum atomic E-state index is 12.2. The van der Waals surface area contributed by atoms with E-state index in [2.05, 4.69) is 48.1 Å². The maximum absolute atomic E-state index is 12.2. The highest BCUT2D eigenvalue weighted by atomic mass is 16.1. The van der Waals surface area contributed by atoms with Gasteiger partial charge in [-0.15, -0.1) is 0 Å². The number of hydrogen-bond acceptors (Lipinski definition) is 3. The second kappa shape index (κ2) is 9.06. The van der Waals surface area contributed by atoms with Gasteiger partial charge in [0.15, 0.2) is 0 Å². The molecule has 4 nitrogen and oxygen atoms in total. The van der Waals surface area contributed by atoms with Crippen molar-refractivity contribution in [2.45, 2.75) is 46.2 Å². The van der Waals surface area contributed by atoms with Crippen LogP contribution in [0.2, 0.25) is 0 Å². The van der Waals surface area contributed by atoms with Crippen LogP contribution in [0.25, 0.3) is 0 Å². The Morgan fingerprint density at radius 2 is 1.96 bits per heavy atom. The SMILES string of the molecule is CCCCNC(=O)c1cc(N(Cc2ccccc2)C(C)C)ccn1. The zero-order chi connectivity index (χ0) is 17.4. The molecule has 0 radical (unpaired) electrons. The molecular weight excluding hydrogens is 298 g/mol. The number of amides is 1. The lowest BCUT2D eigenvalue weighted by atomic mass is 10.1. The molecule has 0 saturated heterocycles. The van der Waals surface area contributed by atoms with Crippen molar-refractivity contribution in [3.8, 4) is 0 Å². The van der Waals surface area contributed by atoms with Gasteiger partial charge in [0.25, 0.3) is 5.91 Å². The number of unbranched alkanes of at least 4 members (excludes halogenated alkanes) is 1. The number of benzene rings is 1. The highest BCUT2D eigenvalue weighted by Gasteiger charge is 2.14. The zero-order valence-electron chi connectivity index (χ0n) is 14.8. The van der Waals surface area contributed by atoms with E-state index in [1.807, 2.05) is 30.3 Å². The van der Waals surface area contributed by atoms with Gasteiger partial charge in [-0.2, -0.15) is 0 Å². The summed E-state index contributed by atoms with van der Waals surface area (Å²) in [7, 11) is 0. The first-order valence-corrected chi connectivity index (χ1v) is 8.66. The Bertz CT molecular complexity index is 640. The molecule has 0 saturated carbocycles. The second-order valence-corrected chi connectivity index (χ2v) is 6.22. The van der Waals surface area contributed by atoms with Crippen molar-refractivity contribution in [1.29, 1.82) is 0 Å². The molecule has 1 aromatic heterocycles. The van der Waals surface area contributed by atoms with Crippen LogP contribution in [0.4, 0.5) is 5.69 Å². The van der Waals surface area contributed by atoms with Gasteiger partial charge >= 0.3 is 0 Å². The van der Waals surface area contributed by atoms with Crippen LogP contribution in [0.15, 0.2) is 48.7 Å². The third-order valence-corrected chi connectivity index (χ3v) is 3.94. The van der Waals surface area contributed by atoms with Gasteiger partial charge in [0.05, 0.1) is 0 Å². The normalized spacial score (nSPS) is 10.7. The summed E-state index contributed by atoms with van der Waals surface area (Å²) in [5.41, 5.74) is 2.74. The summed E-state index contributed by atoms with van der Waals surface area (Å²) >= 11 is 0. The number of nitrogens with one attached hydrogen (secondary N) is 1. The molecule has 2 aromatic rings. The van der Waals surface area contributed by atoms with E-state index in [1.165, 1.54) is 5.56 Å². The quantitative estimate of drug-likeness (QED) is 0.745. The maximum Gasteiger partial charge on any atom is 0.269 e. The molecule has 4 heteroatoms. The summed E-state index contributed by atoms with van der Waals surface area (Å²) in [6.45, 7) is 7.92. The molecule has 1 N–H and O–H groups in total. The molecule has 0 aliphatic rings. The first-order chi connectivity index (χ1) is 11.6. The van der Waals surface area contributed by atoms with Gasteiger partial charge in [0, 0.05) is 31.0 Å². The van der Waals surface area contributed by atoms with Crippen LogP contribution < -0.4 is 10.2 Å². The lowest BCUT2D eigenvalue weighted by Crippen LogP contribution is -2.31. The van der Waals surface area contributed by atoms with E-state index < -0.39 is 0 Å². The highest BCUT2D eigenvalue weighted by Crippen LogP contribution is 2.20. The van der Waals surface area contributed by atoms with Gasteiger partial charge in [-0.05, 0) is 38.0 Å². The van der Waals surface area contributed by atoms with Gasteiger partial charge in [0.1, 0.15) is 5.69 Å². The van der Waals surface area contributed by atoms with Crippen molar-refractivity contribution in [2.75, 3.05) is 11.4 Å². The summed E-state index contributed by atoms with van der Waals surface area (Å²) in [4.78, 5) is 18.7. The van der Waals surface area contributed by atoms with Crippen LogP contribution in [-0.4, -0.2) is 23.5 Å². The number of carbonyl (C=O) groups excluding carboxylic acids is 1. The molecule has 0 atom stereocenters. The molecule has 1 heterocycles. The van der Waals surface area contributed by atoms with Crippen LogP contribution in [0.1, 0.15) is 49.7 Å². The minimum atomic E-state index is -0.103. The van der Waals surface area contributed by atoms with Crippen molar-refractivity contribution < 1.29 is 4.79 Å². The first kappa shape index (κ1) is 18.0. The summed E-state index contributed by atoms with van der Waals surface area (Å²) in [5, 5.41) is 2.92. The van der Waals surface area contributed by atoms with Gasteiger partial charge in [0.2, 0.25) is 0 Å². The van der Waals surface area contributed by atoms with Crippen LogP contribution in [0.3, 0.4) is 0 Å². The topological polar surface area (TPSA) is 45.2 Å². The number of hydrogen-bond donors (Lipinski definition) is 1. The summed E-state index contributed by atoms with van der Waals surface area (Å²) < 4.78 is 0. The van der Waals surface area contributed by atoms with Crippen LogP contribution in [0.5, 0.6) is 0 Å². The molecule has 0 unspecified atom stereocenters. The van der Waals surface area contributed by atoms with Crippen LogP contribution >= 0.6 is 0 Å².